The second kappa shape index (κ2) is 4.43. The van der Waals surface area contributed by atoms with Gasteiger partial charge in [-0.25, -0.2) is 0 Å². The van der Waals surface area contributed by atoms with Crippen LogP contribution in [-0.4, -0.2) is 23.3 Å². The van der Waals surface area contributed by atoms with Crippen molar-refractivity contribution >= 4 is 0 Å². The van der Waals surface area contributed by atoms with Gasteiger partial charge in [-0.15, -0.1) is 0 Å². The first-order valence-corrected chi connectivity index (χ1v) is 3.86. The summed E-state index contributed by atoms with van der Waals surface area (Å²) in [5, 5.41) is 8.32. The molecule has 0 unspecified atom stereocenters. The quantitative estimate of drug-likeness (QED) is 0.794. The third-order valence-corrected chi connectivity index (χ3v) is 1.53. The predicted molar refractivity (Wildman–Crippen MR) is 41.8 cm³/mol. The summed E-state index contributed by atoms with van der Waals surface area (Å²) in [6.07, 6.45) is 0.741. The van der Waals surface area contributed by atoms with E-state index in [2.05, 4.69) is 9.72 Å². The summed E-state index contributed by atoms with van der Waals surface area (Å²) in [6.45, 7) is -4.43. The van der Waals surface area contributed by atoms with Gasteiger partial charge in [-0.3, -0.25) is 4.98 Å². The minimum Gasteiger partial charge on any atom is -0.433 e. The molecule has 1 rings (SSSR count). The van der Waals surface area contributed by atoms with E-state index in [1.165, 1.54) is 0 Å². The molecular formula is C8H7F4NO2. The Hall–Kier alpha value is -1.37. The Labute approximate surface area is 82.3 Å². The van der Waals surface area contributed by atoms with Gasteiger partial charge in [0.1, 0.15) is 18.1 Å². The number of pyridine rings is 1. The van der Waals surface area contributed by atoms with Crippen LogP contribution in [0.25, 0.3) is 0 Å². The summed E-state index contributed by atoms with van der Waals surface area (Å²) in [4.78, 5) is 3.21. The van der Waals surface area contributed by atoms with Gasteiger partial charge in [0.15, 0.2) is 0 Å². The van der Waals surface area contributed by atoms with E-state index < -0.39 is 24.8 Å². The van der Waals surface area contributed by atoms with E-state index in [-0.39, 0.29) is 5.75 Å². The highest BCUT2D eigenvalue weighted by Crippen LogP contribution is 2.26. The highest BCUT2D eigenvalue weighted by atomic mass is 19.3. The SMILES string of the molecule is OCC(F)(F)c1ccc(OC(F)F)cn1. The van der Waals surface area contributed by atoms with Crippen molar-refractivity contribution in [1.82, 2.24) is 4.98 Å². The summed E-state index contributed by atoms with van der Waals surface area (Å²) < 4.78 is 52.8. The monoisotopic (exact) mass is 225 g/mol. The Morgan fingerprint density at radius 1 is 1.40 bits per heavy atom. The van der Waals surface area contributed by atoms with Crippen molar-refractivity contribution in [2.45, 2.75) is 12.5 Å². The van der Waals surface area contributed by atoms with Crippen LogP contribution < -0.4 is 4.74 Å². The normalized spacial score (nSPS) is 11.9. The van der Waals surface area contributed by atoms with Gasteiger partial charge in [0.05, 0.1) is 6.20 Å². The molecule has 0 aliphatic heterocycles. The first-order chi connectivity index (χ1) is 6.95. The molecule has 1 heterocycles. The maximum Gasteiger partial charge on any atom is 0.387 e. The zero-order valence-corrected chi connectivity index (χ0v) is 7.33. The van der Waals surface area contributed by atoms with Crippen LogP contribution in [0.4, 0.5) is 17.6 Å². The van der Waals surface area contributed by atoms with Crippen LogP contribution >= 0.6 is 0 Å². The van der Waals surface area contributed by atoms with Crippen molar-refractivity contribution in [3.63, 3.8) is 0 Å². The van der Waals surface area contributed by atoms with E-state index in [9.17, 15) is 17.6 Å². The molecule has 0 atom stereocenters. The van der Waals surface area contributed by atoms with Gasteiger partial charge in [0.25, 0.3) is 0 Å². The van der Waals surface area contributed by atoms with Gasteiger partial charge >= 0.3 is 12.5 Å². The van der Waals surface area contributed by atoms with Crippen LogP contribution in [-0.2, 0) is 5.92 Å². The van der Waals surface area contributed by atoms with Gasteiger partial charge in [0, 0.05) is 0 Å². The molecule has 0 fully saturated rings. The van der Waals surface area contributed by atoms with Crippen LogP contribution in [0.1, 0.15) is 5.69 Å². The van der Waals surface area contributed by atoms with E-state index in [4.69, 9.17) is 5.11 Å². The van der Waals surface area contributed by atoms with Gasteiger partial charge in [-0.05, 0) is 12.1 Å². The molecular weight excluding hydrogens is 218 g/mol. The van der Waals surface area contributed by atoms with E-state index >= 15 is 0 Å². The molecule has 0 spiro atoms. The summed E-state index contributed by atoms with van der Waals surface area (Å²) in [7, 11) is 0. The van der Waals surface area contributed by atoms with E-state index in [1.807, 2.05) is 0 Å². The van der Waals surface area contributed by atoms with Crippen LogP contribution in [0.3, 0.4) is 0 Å². The second-order valence-electron chi connectivity index (χ2n) is 2.62. The van der Waals surface area contributed by atoms with Crippen molar-refractivity contribution in [2.24, 2.45) is 0 Å². The van der Waals surface area contributed by atoms with Crippen LogP contribution in [0.5, 0.6) is 5.75 Å². The fourth-order valence-corrected chi connectivity index (χ4v) is 0.850. The van der Waals surface area contributed by atoms with Crippen LogP contribution in [0.2, 0.25) is 0 Å². The Morgan fingerprint density at radius 2 is 2.07 bits per heavy atom. The van der Waals surface area contributed by atoms with Crippen molar-refractivity contribution in [1.29, 1.82) is 0 Å². The van der Waals surface area contributed by atoms with Crippen LogP contribution in [0.15, 0.2) is 18.3 Å². The zero-order valence-electron chi connectivity index (χ0n) is 7.33. The number of alkyl halides is 4. The Kier molecular flexibility index (Phi) is 3.46. The lowest BCUT2D eigenvalue weighted by Gasteiger charge is -2.12. The van der Waals surface area contributed by atoms with Crippen molar-refractivity contribution < 1.29 is 27.4 Å². The van der Waals surface area contributed by atoms with Crippen molar-refractivity contribution in [3.05, 3.63) is 24.0 Å². The number of hydrogen-bond donors (Lipinski definition) is 1. The summed E-state index contributed by atoms with van der Waals surface area (Å²) in [5.41, 5.74) is -0.702. The molecule has 84 valence electrons. The number of hydrogen-bond acceptors (Lipinski definition) is 3. The Balaban J connectivity index is 2.81. The third-order valence-electron chi connectivity index (χ3n) is 1.53. The molecule has 15 heavy (non-hydrogen) atoms. The molecule has 0 saturated heterocycles. The maximum atomic E-state index is 12.8. The standard InChI is InChI=1S/C8H7F4NO2/c9-7(10)15-5-1-2-6(13-3-5)8(11,12)4-14/h1-3,7,14H,4H2. The molecule has 0 aromatic carbocycles. The third kappa shape index (κ3) is 3.05. The van der Waals surface area contributed by atoms with Crippen molar-refractivity contribution in [2.75, 3.05) is 6.61 Å². The Bertz CT molecular complexity index is 315. The van der Waals surface area contributed by atoms with Gasteiger partial charge < -0.3 is 9.84 Å². The molecule has 3 nitrogen and oxygen atoms in total. The topological polar surface area (TPSA) is 42.4 Å². The molecule has 0 amide bonds. The molecule has 0 bridgehead atoms. The molecule has 1 aromatic heterocycles. The number of aliphatic hydroxyl groups excluding tert-OH is 1. The summed E-state index contributed by atoms with van der Waals surface area (Å²) >= 11 is 0. The summed E-state index contributed by atoms with van der Waals surface area (Å²) in [5.74, 6) is -3.80. The van der Waals surface area contributed by atoms with E-state index in [0.29, 0.717) is 0 Å². The smallest absolute Gasteiger partial charge is 0.387 e. The van der Waals surface area contributed by atoms with Gasteiger partial charge in [-0.2, -0.15) is 17.6 Å². The maximum absolute atomic E-state index is 12.8. The number of nitrogens with zero attached hydrogens (tertiary/aromatic N) is 1. The predicted octanol–water partition coefficient (Wildman–Crippen LogP) is 1.77. The lowest BCUT2D eigenvalue weighted by Crippen LogP contribution is -2.20. The average molecular weight is 225 g/mol. The molecule has 1 N–H and O–H groups in total. The van der Waals surface area contributed by atoms with E-state index in [0.717, 1.165) is 18.3 Å². The number of ether oxygens (including phenoxy) is 1. The Morgan fingerprint density at radius 3 is 2.47 bits per heavy atom. The molecule has 0 radical (unpaired) electrons. The highest BCUT2D eigenvalue weighted by molar-refractivity contribution is 5.22. The first-order valence-electron chi connectivity index (χ1n) is 3.86. The number of aliphatic hydroxyl groups is 1. The number of halogens is 4. The second-order valence-corrected chi connectivity index (χ2v) is 2.62. The zero-order chi connectivity index (χ0) is 11.5. The average Bonchev–Trinajstić information content (AvgIpc) is 2.18. The molecule has 0 saturated carbocycles. The lowest BCUT2D eigenvalue weighted by molar-refractivity contribution is -0.0602. The van der Waals surface area contributed by atoms with Gasteiger partial charge in [-0.1, -0.05) is 0 Å². The molecule has 1 aromatic rings. The van der Waals surface area contributed by atoms with E-state index in [1.54, 1.807) is 0 Å². The molecule has 0 aliphatic carbocycles. The van der Waals surface area contributed by atoms with Crippen molar-refractivity contribution in [3.8, 4) is 5.75 Å². The molecule has 0 aliphatic rings. The fraction of sp³-hybridized carbons (Fsp3) is 0.375. The lowest BCUT2D eigenvalue weighted by atomic mass is 10.2. The van der Waals surface area contributed by atoms with Crippen LogP contribution in [0, 0.1) is 0 Å². The first kappa shape index (κ1) is 11.7. The number of aromatic nitrogens is 1. The minimum absolute atomic E-state index is 0.317. The number of rotatable bonds is 4. The molecule has 7 heteroatoms. The minimum atomic E-state index is -3.48. The highest BCUT2D eigenvalue weighted by Gasteiger charge is 2.32. The fourth-order valence-electron chi connectivity index (χ4n) is 0.850. The summed E-state index contributed by atoms with van der Waals surface area (Å²) in [6, 6.07) is 1.74. The van der Waals surface area contributed by atoms with Gasteiger partial charge in [0.2, 0.25) is 0 Å². The largest absolute Gasteiger partial charge is 0.433 e.